The van der Waals surface area contributed by atoms with Crippen LogP contribution in [-0.4, -0.2) is 42.0 Å². The summed E-state index contributed by atoms with van der Waals surface area (Å²) in [7, 11) is 1.39. The Balaban J connectivity index is 2.07. The van der Waals surface area contributed by atoms with E-state index in [1.54, 1.807) is 6.92 Å². The minimum Gasteiger partial charge on any atom is -0.493 e. The van der Waals surface area contributed by atoms with E-state index in [9.17, 15) is 14.4 Å². The molecular formula is C25H31NO7. The van der Waals surface area contributed by atoms with Gasteiger partial charge in [0.2, 0.25) is 5.75 Å². The number of nitrogens with zero attached hydrogens (tertiary/aromatic N) is 1. The van der Waals surface area contributed by atoms with Crippen LogP contribution < -0.4 is 14.2 Å². The Morgan fingerprint density at radius 3 is 2.36 bits per heavy atom. The third-order valence-electron chi connectivity index (χ3n) is 4.92. The van der Waals surface area contributed by atoms with Crippen molar-refractivity contribution in [2.75, 3.05) is 7.11 Å². The summed E-state index contributed by atoms with van der Waals surface area (Å²) in [6.07, 6.45) is 1.80. The number of pyridine rings is 1. The van der Waals surface area contributed by atoms with Crippen LogP contribution in [0.15, 0.2) is 42.6 Å². The number of carbonyl (C=O) groups excluding carboxylic acids is 3. The molecule has 0 spiro atoms. The van der Waals surface area contributed by atoms with Crippen molar-refractivity contribution in [1.29, 1.82) is 0 Å². The molecule has 2 rings (SSSR count). The predicted octanol–water partition coefficient (Wildman–Crippen LogP) is 4.40. The third-order valence-corrected chi connectivity index (χ3v) is 4.92. The second kappa shape index (κ2) is 12.6. The van der Waals surface area contributed by atoms with Gasteiger partial charge in [0.15, 0.2) is 17.2 Å². The molecule has 0 N–H and O–H groups in total. The number of esters is 2. The molecule has 0 fully saturated rings. The summed E-state index contributed by atoms with van der Waals surface area (Å²) < 4.78 is 21.9. The molecule has 0 radical (unpaired) electrons. The number of ketones is 1. The fraction of sp³-hybridized carbons (Fsp3) is 0.440. The normalized spacial score (nSPS) is 13.4. The monoisotopic (exact) mass is 457 g/mol. The average molecular weight is 458 g/mol. The first-order valence-corrected chi connectivity index (χ1v) is 10.9. The van der Waals surface area contributed by atoms with Crippen molar-refractivity contribution in [2.24, 2.45) is 5.92 Å². The van der Waals surface area contributed by atoms with E-state index in [4.69, 9.17) is 18.9 Å². The number of aromatic nitrogens is 1. The molecule has 3 atom stereocenters. The van der Waals surface area contributed by atoms with Crippen LogP contribution in [0.4, 0.5) is 0 Å². The van der Waals surface area contributed by atoms with Crippen LogP contribution in [0, 0.1) is 5.92 Å². The number of hydrogen-bond acceptors (Lipinski definition) is 8. The van der Waals surface area contributed by atoms with Gasteiger partial charge >= 0.3 is 11.9 Å². The molecule has 0 aliphatic heterocycles. The predicted molar refractivity (Wildman–Crippen MR) is 122 cm³/mol. The molecule has 2 aromatic rings. The van der Waals surface area contributed by atoms with Crippen LogP contribution in [-0.2, 0) is 14.3 Å². The number of rotatable bonds is 12. The van der Waals surface area contributed by atoms with Gasteiger partial charge in [-0.25, -0.2) is 4.98 Å². The van der Waals surface area contributed by atoms with E-state index < -0.39 is 29.7 Å². The Hall–Kier alpha value is -3.42. The number of Topliss-reactive ketones (excluding diaryl/α,β-unsaturated/α-hetero) is 1. The highest BCUT2D eigenvalue weighted by atomic mass is 16.6. The summed E-state index contributed by atoms with van der Waals surface area (Å²) in [4.78, 5) is 41.2. The lowest BCUT2D eigenvalue weighted by atomic mass is 10.0. The maximum Gasteiger partial charge on any atom is 0.309 e. The highest BCUT2D eigenvalue weighted by Crippen LogP contribution is 2.31. The summed E-state index contributed by atoms with van der Waals surface area (Å²) in [5, 5.41) is 0. The zero-order valence-corrected chi connectivity index (χ0v) is 19.7. The van der Waals surface area contributed by atoms with Gasteiger partial charge in [0.05, 0.1) is 13.0 Å². The molecule has 0 saturated heterocycles. The van der Waals surface area contributed by atoms with Gasteiger partial charge in [0, 0.05) is 25.6 Å². The average Bonchev–Trinajstić information content (AvgIpc) is 2.78. The largest absolute Gasteiger partial charge is 0.493 e. The van der Waals surface area contributed by atoms with E-state index in [1.165, 1.54) is 26.3 Å². The van der Waals surface area contributed by atoms with Crippen molar-refractivity contribution < 1.29 is 33.3 Å². The van der Waals surface area contributed by atoms with Gasteiger partial charge in [-0.15, -0.1) is 0 Å². The summed E-state index contributed by atoms with van der Waals surface area (Å²) in [6.45, 7) is 6.67. The minimum atomic E-state index is -0.737. The van der Waals surface area contributed by atoms with Crippen LogP contribution in [0.3, 0.4) is 0 Å². The highest BCUT2D eigenvalue weighted by molar-refractivity contribution is 5.99. The van der Waals surface area contributed by atoms with Crippen molar-refractivity contribution in [3.63, 3.8) is 0 Å². The molecule has 1 aromatic carbocycles. The van der Waals surface area contributed by atoms with Crippen molar-refractivity contribution in [3.8, 4) is 17.2 Å². The molecule has 8 nitrogen and oxygen atoms in total. The van der Waals surface area contributed by atoms with E-state index in [0.29, 0.717) is 12.2 Å². The Bertz CT molecular complexity index is 945. The molecule has 0 amide bonds. The van der Waals surface area contributed by atoms with Crippen LogP contribution in [0.2, 0.25) is 0 Å². The van der Waals surface area contributed by atoms with Gasteiger partial charge in [0.25, 0.3) is 0 Å². The molecule has 0 unspecified atom stereocenters. The highest BCUT2D eigenvalue weighted by Gasteiger charge is 2.29. The summed E-state index contributed by atoms with van der Waals surface area (Å²) in [6, 6.07) is 10.8. The molecule has 0 bridgehead atoms. The number of para-hydroxylation sites is 1. The Labute approximate surface area is 194 Å². The lowest BCUT2D eigenvalue weighted by Gasteiger charge is -2.26. The third kappa shape index (κ3) is 7.59. The van der Waals surface area contributed by atoms with Gasteiger partial charge < -0.3 is 18.9 Å². The Morgan fingerprint density at radius 1 is 1.06 bits per heavy atom. The van der Waals surface area contributed by atoms with Crippen molar-refractivity contribution in [3.05, 3.63) is 48.3 Å². The summed E-state index contributed by atoms with van der Waals surface area (Å²) in [5.41, 5.74) is -0.0740. The number of ether oxygens (including phenoxy) is 4. The standard InChI is InChI=1S/C25H31NO7/c1-6-10-21(17(3)31-19-11-8-7-9-12-19)33-25(29)16(2)15-20(28)23-24(32-18(4)27)22(30-5)13-14-26-23/h7-9,11-14,16-17,21H,6,10,15H2,1-5H3/t16-,17-,21+/m1/s1. The van der Waals surface area contributed by atoms with Crippen molar-refractivity contribution >= 4 is 17.7 Å². The van der Waals surface area contributed by atoms with Crippen LogP contribution in [0.25, 0.3) is 0 Å². The lowest BCUT2D eigenvalue weighted by Crippen LogP contribution is -2.35. The van der Waals surface area contributed by atoms with Crippen molar-refractivity contribution in [2.45, 2.75) is 59.2 Å². The fourth-order valence-corrected chi connectivity index (χ4v) is 3.22. The number of methoxy groups -OCH3 is 1. The lowest BCUT2D eigenvalue weighted by molar-refractivity contribution is -0.158. The molecule has 0 saturated carbocycles. The van der Waals surface area contributed by atoms with Crippen molar-refractivity contribution in [1.82, 2.24) is 4.98 Å². The number of carbonyl (C=O) groups is 3. The van der Waals surface area contributed by atoms with Crippen LogP contribution >= 0.6 is 0 Å². The Kier molecular flexibility index (Phi) is 9.84. The molecule has 0 aliphatic carbocycles. The first-order valence-electron chi connectivity index (χ1n) is 10.9. The maximum atomic E-state index is 12.9. The molecule has 8 heteroatoms. The molecule has 33 heavy (non-hydrogen) atoms. The summed E-state index contributed by atoms with van der Waals surface area (Å²) in [5.74, 6) is -1.50. The fourth-order valence-electron chi connectivity index (χ4n) is 3.22. The van der Waals surface area contributed by atoms with Gasteiger partial charge in [-0.3, -0.25) is 14.4 Å². The minimum absolute atomic E-state index is 0.0631. The topological polar surface area (TPSA) is 101 Å². The molecular weight excluding hydrogens is 426 g/mol. The summed E-state index contributed by atoms with van der Waals surface area (Å²) >= 11 is 0. The Morgan fingerprint density at radius 2 is 1.76 bits per heavy atom. The first kappa shape index (κ1) is 25.8. The smallest absolute Gasteiger partial charge is 0.309 e. The molecule has 0 aliphatic rings. The second-order valence-corrected chi connectivity index (χ2v) is 7.71. The number of benzene rings is 1. The molecule has 1 aromatic heterocycles. The first-order chi connectivity index (χ1) is 15.8. The van der Waals surface area contributed by atoms with E-state index in [0.717, 1.165) is 6.42 Å². The zero-order chi connectivity index (χ0) is 24.4. The van der Waals surface area contributed by atoms with Gasteiger partial charge in [-0.05, 0) is 25.5 Å². The van der Waals surface area contributed by atoms with Gasteiger partial charge in [0.1, 0.15) is 18.0 Å². The molecule has 1 heterocycles. The van der Waals surface area contributed by atoms with Crippen LogP contribution in [0.5, 0.6) is 17.2 Å². The zero-order valence-electron chi connectivity index (χ0n) is 19.7. The SMILES string of the molecule is CCC[C@H](OC(=O)[C@H](C)CC(=O)c1nccc(OC)c1OC(C)=O)[C@@H](C)Oc1ccccc1. The van der Waals surface area contributed by atoms with Gasteiger partial charge in [-0.2, -0.15) is 0 Å². The second-order valence-electron chi connectivity index (χ2n) is 7.71. The quantitative estimate of drug-likeness (QED) is 0.341. The van der Waals surface area contributed by atoms with Gasteiger partial charge in [-0.1, -0.05) is 38.5 Å². The van der Waals surface area contributed by atoms with E-state index in [1.807, 2.05) is 44.2 Å². The molecule has 178 valence electrons. The van der Waals surface area contributed by atoms with Crippen LogP contribution in [0.1, 0.15) is 57.4 Å². The van der Waals surface area contributed by atoms with E-state index >= 15 is 0 Å². The van der Waals surface area contributed by atoms with E-state index in [-0.39, 0.29) is 29.7 Å². The van der Waals surface area contributed by atoms with E-state index in [2.05, 4.69) is 4.98 Å². The number of hydrogen-bond donors (Lipinski definition) is 0. The maximum absolute atomic E-state index is 12.9.